The van der Waals surface area contributed by atoms with Gasteiger partial charge in [0.25, 0.3) is 0 Å². The van der Waals surface area contributed by atoms with Crippen molar-refractivity contribution in [1.29, 1.82) is 0 Å². The fourth-order valence-electron chi connectivity index (χ4n) is 1.67. The van der Waals surface area contributed by atoms with Gasteiger partial charge >= 0.3 is 6.18 Å². The molecule has 0 saturated carbocycles. The maximum Gasteiger partial charge on any atom is 0.422 e. The minimum atomic E-state index is -4.32. The van der Waals surface area contributed by atoms with E-state index in [1.807, 2.05) is 18.4 Å². The van der Waals surface area contributed by atoms with Crippen LogP contribution < -0.4 is 10.1 Å². The summed E-state index contributed by atoms with van der Waals surface area (Å²) in [4.78, 5) is 0. The van der Waals surface area contributed by atoms with E-state index >= 15 is 0 Å². The highest BCUT2D eigenvalue weighted by molar-refractivity contribution is 7.07. The Bertz CT molecular complexity index is 522. The maximum absolute atomic E-state index is 12.0. The average Bonchev–Trinajstić information content (AvgIpc) is 2.91. The third-order valence-electron chi connectivity index (χ3n) is 2.68. The molecule has 2 aromatic rings. The molecule has 20 heavy (non-hydrogen) atoms. The summed E-state index contributed by atoms with van der Waals surface area (Å²) in [6, 6.07) is 8.62. The van der Waals surface area contributed by atoms with Gasteiger partial charge in [-0.2, -0.15) is 24.5 Å². The van der Waals surface area contributed by atoms with E-state index in [2.05, 4.69) is 15.4 Å². The van der Waals surface area contributed by atoms with Crippen LogP contribution in [0, 0.1) is 0 Å². The Morgan fingerprint density at radius 2 is 1.90 bits per heavy atom. The molecule has 2 nitrogen and oxygen atoms in total. The molecule has 2 rings (SSSR count). The first-order valence-corrected chi connectivity index (χ1v) is 6.96. The molecule has 1 heterocycles. The number of benzene rings is 1. The molecule has 0 aliphatic carbocycles. The smallest absolute Gasteiger partial charge is 0.422 e. The zero-order valence-electron chi connectivity index (χ0n) is 10.8. The quantitative estimate of drug-likeness (QED) is 0.851. The molecule has 0 amide bonds. The summed E-state index contributed by atoms with van der Waals surface area (Å²) in [5.41, 5.74) is 2.01. The van der Waals surface area contributed by atoms with Gasteiger partial charge in [-0.3, -0.25) is 0 Å². The second-order valence-electron chi connectivity index (χ2n) is 4.35. The summed E-state index contributed by atoms with van der Waals surface area (Å²) in [6.45, 7) is 0.751. The van der Waals surface area contributed by atoms with Crippen molar-refractivity contribution < 1.29 is 17.9 Å². The van der Waals surface area contributed by atoms with E-state index < -0.39 is 12.8 Å². The molecule has 0 saturated heterocycles. The van der Waals surface area contributed by atoms with E-state index in [1.54, 1.807) is 23.5 Å². The monoisotopic (exact) mass is 301 g/mol. The van der Waals surface area contributed by atoms with Gasteiger partial charge < -0.3 is 10.1 Å². The van der Waals surface area contributed by atoms with Crippen LogP contribution in [0.15, 0.2) is 41.1 Å². The van der Waals surface area contributed by atoms with Crippen LogP contribution in [0.4, 0.5) is 18.9 Å². The van der Waals surface area contributed by atoms with E-state index in [1.165, 1.54) is 17.7 Å². The number of thiophene rings is 1. The Morgan fingerprint density at radius 3 is 2.45 bits per heavy atom. The zero-order chi connectivity index (χ0) is 14.6. The first kappa shape index (κ1) is 14.7. The van der Waals surface area contributed by atoms with Gasteiger partial charge in [-0.25, -0.2) is 0 Å². The van der Waals surface area contributed by atoms with Crippen LogP contribution in [0.5, 0.6) is 5.75 Å². The SMILES string of the molecule is CC(Nc1ccc(OCC(F)(F)F)cc1)c1ccsc1. The summed E-state index contributed by atoms with van der Waals surface area (Å²) in [6.07, 6.45) is -4.32. The van der Waals surface area contributed by atoms with Gasteiger partial charge in [0.05, 0.1) is 0 Å². The van der Waals surface area contributed by atoms with Gasteiger partial charge in [-0.15, -0.1) is 0 Å². The summed E-state index contributed by atoms with van der Waals surface area (Å²) in [5, 5.41) is 7.33. The molecule has 1 unspecified atom stereocenters. The number of alkyl halides is 3. The second-order valence-corrected chi connectivity index (χ2v) is 5.13. The average molecular weight is 301 g/mol. The van der Waals surface area contributed by atoms with Crippen LogP contribution in [0.1, 0.15) is 18.5 Å². The number of hydrogen-bond acceptors (Lipinski definition) is 3. The Kier molecular flexibility index (Phi) is 4.54. The van der Waals surface area contributed by atoms with E-state index in [4.69, 9.17) is 0 Å². The van der Waals surface area contributed by atoms with Crippen molar-refractivity contribution in [3.05, 3.63) is 46.7 Å². The Labute approximate surface area is 119 Å². The van der Waals surface area contributed by atoms with E-state index in [0.717, 1.165) is 5.69 Å². The first-order valence-electron chi connectivity index (χ1n) is 6.02. The highest BCUT2D eigenvalue weighted by Crippen LogP contribution is 2.24. The van der Waals surface area contributed by atoms with Crippen LogP contribution in [0.2, 0.25) is 0 Å². The summed E-state index contributed by atoms with van der Waals surface area (Å²) in [7, 11) is 0. The molecule has 0 spiro atoms. The van der Waals surface area contributed by atoms with Crippen molar-refractivity contribution in [3.63, 3.8) is 0 Å². The van der Waals surface area contributed by atoms with Gasteiger partial charge in [0, 0.05) is 11.7 Å². The van der Waals surface area contributed by atoms with E-state index in [9.17, 15) is 13.2 Å². The first-order chi connectivity index (χ1) is 9.44. The predicted molar refractivity (Wildman–Crippen MR) is 74.3 cm³/mol. The van der Waals surface area contributed by atoms with Gasteiger partial charge in [-0.1, -0.05) is 0 Å². The van der Waals surface area contributed by atoms with Crippen LogP contribution >= 0.6 is 11.3 Å². The summed E-state index contributed by atoms with van der Waals surface area (Å²) in [5.74, 6) is 0.205. The fraction of sp³-hybridized carbons (Fsp3) is 0.286. The molecule has 6 heteroatoms. The highest BCUT2D eigenvalue weighted by Gasteiger charge is 2.28. The van der Waals surface area contributed by atoms with Crippen molar-refractivity contribution in [2.24, 2.45) is 0 Å². The molecule has 0 radical (unpaired) electrons. The fourth-order valence-corrected chi connectivity index (χ4v) is 2.42. The molecular weight excluding hydrogens is 287 g/mol. The van der Waals surface area contributed by atoms with Crippen molar-refractivity contribution in [3.8, 4) is 5.75 Å². The van der Waals surface area contributed by atoms with Crippen molar-refractivity contribution >= 4 is 17.0 Å². The lowest BCUT2D eigenvalue weighted by Crippen LogP contribution is -2.19. The van der Waals surface area contributed by atoms with Gasteiger partial charge in [-0.05, 0) is 53.6 Å². The van der Waals surface area contributed by atoms with Gasteiger partial charge in [0.1, 0.15) is 5.75 Å². The Morgan fingerprint density at radius 1 is 1.20 bits per heavy atom. The van der Waals surface area contributed by atoms with E-state index in [0.29, 0.717) is 0 Å². The number of ether oxygens (including phenoxy) is 1. The second kappa shape index (κ2) is 6.17. The van der Waals surface area contributed by atoms with Gasteiger partial charge in [0.2, 0.25) is 0 Å². The topological polar surface area (TPSA) is 21.3 Å². The maximum atomic E-state index is 12.0. The van der Waals surface area contributed by atoms with Crippen LogP contribution in [0.3, 0.4) is 0 Å². The van der Waals surface area contributed by atoms with Crippen LogP contribution in [-0.4, -0.2) is 12.8 Å². The number of nitrogens with one attached hydrogen (secondary N) is 1. The molecular formula is C14H14F3NOS. The van der Waals surface area contributed by atoms with Gasteiger partial charge in [0.15, 0.2) is 6.61 Å². The minimum absolute atomic E-state index is 0.142. The molecule has 0 fully saturated rings. The van der Waals surface area contributed by atoms with E-state index in [-0.39, 0.29) is 11.8 Å². The van der Waals surface area contributed by atoms with Crippen molar-refractivity contribution in [1.82, 2.24) is 0 Å². The normalized spacial score (nSPS) is 13.0. The largest absolute Gasteiger partial charge is 0.484 e. The molecule has 108 valence electrons. The Hall–Kier alpha value is -1.69. The standard InChI is InChI=1S/C14H14F3NOS/c1-10(11-6-7-20-8-11)18-12-2-4-13(5-3-12)19-9-14(15,16)17/h2-8,10,18H,9H2,1H3. The summed E-state index contributed by atoms with van der Waals surface area (Å²) >= 11 is 1.62. The number of anilines is 1. The third-order valence-corrected chi connectivity index (χ3v) is 3.38. The molecule has 1 atom stereocenters. The lowest BCUT2D eigenvalue weighted by Gasteiger charge is -2.15. The third kappa shape index (κ3) is 4.45. The number of rotatable bonds is 5. The molecule has 1 aromatic heterocycles. The van der Waals surface area contributed by atoms with Crippen molar-refractivity contribution in [2.45, 2.75) is 19.1 Å². The molecule has 0 aliphatic heterocycles. The summed E-state index contributed by atoms with van der Waals surface area (Å²) < 4.78 is 40.7. The molecule has 0 bridgehead atoms. The lowest BCUT2D eigenvalue weighted by atomic mass is 10.1. The van der Waals surface area contributed by atoms with Crippen LogP contribution in [0.25, 0.3) is 0 Å². The molecule has 1 aromatic carbocycles. The van der Waals surface area contributed by atoms with Crippen LogP contribution in [-0.2, 0) is 0 Å². The molecule has 0 aliphatic rings. The highest BCUT2D eigenvalue weighted by atomic mass is 32.1. The minimum Gasteiger partial charge on any atom is -0.484 e. The predicted octanol–water partition coefficient (Wildman–Crippen LogP) is 4.86. The Balaban J connectivity index is 1.91. The zero-order valence-corrected chi connectivity index (χ0v) is 11.6. The number of halogens is 3. The lowest BCUT2D eigenvalue weighted by molar-refractivity contribution is -0.153. The van der Waals surface area contributed by atoms with Crippen molar-refractivity contribution in [2.75, 3.05) is 11.9 Å². The number of hydrogen-bond donors (Lipinski definition) is 1. The molecule has 1 N–H and O–H groups in total.